The first kappa shape index (κ1) is 12.0. The molecule has 17 heavy (non-hydrogen) atoms. The molecule has 0 bridgehead atoms. The topological polar surface area (TPSA) is 40.5 Å². The lowest BCUT2D eigenvalue weighted by atomic mass is 9.58. The van der Waals surface area contributed by atoms with E-state index >= 15 is 0 Å². The predicted molar refractivity (Wildman–Crippen MR) is 67.4 cm³/mol. The molecule has 7 atom stereocenters. The fraction of sp³-hybridized carbons (Fsp3) is 1.00. The van der Waals surface area contributed by atoms with Crippen LogP contribution >= 0.6 is 0 Å². The normalized spacial score (nSPS) is 61.2. The first-order chi connectivity index (χ1) is 7.79. The van der Waals surface area contributed by atoms with Gasteiger partial charge in [-0.15, -0.1) is 0 Å². The van der Waals surface area contributed by atoms with Crippen molar-refractivity contribution in [3.8, 4) is 0 Å². The van der Waals surface area contributed by atoms with Gasteiger partial charge in [0.25, 0.3) is 0 Å². The largest absolute Gasteiger partial charge is 0.393 e. The number of aliphatic hydroxyl groups is 2. The maximum Gasteiger partial charge on any atom is 0.0657 e. The van der Waals surface area contributed by atoms with Crippen LogP contribution in [0.3, 0.4) is 0 Å². The van der Waals surface area contributed by atoms with Crippen molar-refractivity contribution in [1.82, 2.24) is 0 Å². The maximum atomic E-state index is 10.7. The van der Waals surface area contributed by atoms with Gasteiger partial charge in [0.2, 0.25) is 0 Å². The fourth-order valence-electron chi connectivity index (χ4n) is 5.57. The van der Waals surface area contributed by atoms with Crippen LogP contribution in [-0.2, 0) is 0 Å². The Labute approximate surface area is 104 Å². The van der Waals surface area contributed by atoms with Crippen molar-refractivity contribution < 1.29 is 10.2 Å². The smallest absolute Gasteiger partial charge is 0.0657 e. The molecular formula is C15H26O2. The third-order valence-corrected chi connectivity index (χ3v) is 6.19. The van der Waals surface area contributed by atoms with Crippen molar-refractivity contribution in [2.24, 2.45) is 35.0 Å². The minimum atomic E-state index is -0.558. The highest BCUT2D eigenvalue weighted by Gasteiger charge is 2.72. The van der Waals surface area contributed by atoms with Crippen LogP contribution in [0.1, 0.15) is 47.0 Å². The summed E-state index contributed by atoms with van der Waals surface area (Å²) < 4.78 is 0. The average Bonchev–Trinajstić information content (AvgIpc) is 2.77. The summed E-state index contributed by atoms with van der Waals surface area (Å²) in [7, 11) is 0. The number of rotatable bonds is 1. The van der Waals surface area contributed by atoms with E-state index in [0.29, 0.717) is 11.8 Å². The Balaban J connectivity index is 1.92. The number of aliphatic hydroxyl groups excluding tert-OH is 1. The van der Waals surface area contributed by atoms with E-state index in [2.05, 4.69) is 20.8 Å². The number of hydrogen-bond donors (Lipinski definition) is 2. The highest BCUT2D eigenvalue weighted by molar-refractivity contribution is 5.20. The van der Waals surface area contributed by atoms with E-state index in [0.717, 1.165) is 37.0 Å². The zero-order chi connectivity index (χ0) is 12.6. The molecule has 0 aromatic heterocycles. The van der Waals surface area contributed by atoms with E-state index in [4.69, 9.17) is 0 Å². The molecule has 3 aliphatic carbocycles. The molecule has 2 heteroatoms. The van der Waals surface area contributed by atoms with E-state index in [1.807, 2.05) is 6.92 Å². The van der Waals surface area contributed by atoms with Crippen molar-refractivity contribution in [3.63, 3.8) is 0 Å². The third kappa shape index (κ3) is 1.40. The maximum absolute atomic E-state index is 10.7. The second-order valence-electron chi connectivity index (χ2n) is 7.66. The molecule has 0 saturated heterocycles. The van der Waals surface area contributed by atoms with Gasteiger partial charge in [-0.3, -0.25) is 0 Å². The Morgan fingerprint density at radius 2 is 1.88 bits per heavy atom. The highest BCUT2D eigenvalue weighted by Crippen LogP contribution is 2.73. The zero-order valence-electron chi connectivity index (χ0n) is 11.5. The van der Waals surface area contributed by atoms with Crippen molar-refractivity contribution in [2.45, 2.75) is 58.7 Å². The quantitative estimate of drug-likeness (QED) is 0.736. The van der Waals surface area contributed by atoms with Crippen LogP contribution in [0.2, 0.25) is 0 Å². The molecule has 3 fully saturated rings. The third-order valence-electron chi connectivity index (χ3n) is 6.19. The van der Waals surface area contributed by atoms with Crippen LogP contribution in [0.4, 0.5) is 0 Å². The summed E-state index contributed by atoms with van der Waals surface area (Å²) in [6.07, 6.45) is 2.46. The Morgan fingerprint density at radius 1 is 1.24 bits per heavy atom. The Hall–Kier alpha value is -0.0800. The standard InChI is InChI=1S/C15H26O2/c1-8(2)11-9-7-14(3)10(16)5-6-15(4,17)13(14)12(9)11/h8-13,16-17H,5-7H2,1-4H3/t9?,10?,11?,12?,13?,14-,15?/m0/s1. The van der Waals surface area contributed by atoms with Crippen LogP contribution in [0.5, 0.6) is 0 Å². The van der Waals surface area contributed by atoms with Crippen LogP contribution in [0.15, 0.2) is 0 Å². The lowest BCUT2D eigenvalue weighted by molar-refractivity contribution is -0.150. The van der Waals surface area contributed by atoms with E-state index in [1.165, 1.54) is 0 Å². The van der Waals surface area contributed by atoms with E-state index < -0.39 is 5.60 Å². The second-order valence-corrected chi connectivity index (χ2v) is 7.66. The summed E-state index contributed by atoms with van der Waals surface area (Å²) in [6, 6.07) is 0. The van der Waals surface area contributed by atoms with Gasteiger partial charge in [0.15, 0.2) is 0 Å². The molecule has 0 aliphatic heterocycles. The zero-order valence-corrected chi connectivity index (χ0v) is 11.5. The molecule has 2 N–H and O–H groups in total. The van der Waals surface area contributed by atoms with Gasteiger partial charge in [0.1, 0.15) is 0 Å². The van der Waals surface area contributed by atoms with Crippen LogP contribution in [-0.4, -0.2) is 21.9 Å². The molecule has 2 nitrogen and oxygen atoms in total. The molecule has 0 spiro atoms. The molecule has 3 aliphatic rings. The van der Waals surface area contributed by atoms with E-state index in [9.17, 15) is 10.2 Å². The lowest BCUT2D eigenvalue weighted by Gasteiger charge is -2.51. The van der Waals surface area contributed by atoms with Gasteiger partial charge in [-0.2, -0.15) is 0 Å². The van der Waals surface area contributed by atoms with Crippen molar-refractivity contribution in [3.05, 3.63) is 0 Å². The van der Waals surface area contributed by atoms with Crippen molar-refractivity contribution >= 4 is 0 Å². The monoisotopic (exact) mass is 238 g/mol. The minimum Gasteiger partial charge on any atom is -0.393 e. The van der Waals surface area contributed by atoms with Gasteiger partial charge in [-0.1, -0.05) is 20.8 Å². The molecule has 3 saturated carbocycles. The Morgan fingerprint density at radius 3 is 2.47 bits per heavy atom. The van der Waals surface area contributed by atoms with Crippen LogP contribution in [0.25, 0.3) is 0 Å². The molecule has 98 valence electrons. The molecule has 0 radical (unpaired) electrons. The number of hydrogen-bond acceptors (Lipinski definition) is 2. The van der Waals surface area contributed by atoms with Gasteiger partial charge < -0.3 is 10.2 Å². The molecule has 0 amide bonds. The van der Waals surface area contributed by atoms with Gasteiger partial charge >= 0.3 is 0 Å². The van der Waals surface area contributed by atoms with E-state index in [-0.39, 0.29) is 11.5 Å². The average molecular weight is 238 g/mol. The predicted octanol–water partition coefficient (Wildman–Crippen LogP) is 2.44. The first-order valence-electron chi connectivity index (χ1n) is 7.19. The van der Waals surface area contributed by atoms with Crippen LogP contribution in [0, 0.1) is 35.0 Å². The summed E-state index contributed by atoms with van der Waals surface area (Å²) in [4.78, 5) is 0. The lowest BCUT2D eigenvalue weighted by Crippen LogP contribution is -2.54. The number of fused-ring (bicyclic) bond motifs is 3. The van der Waals surface area contributed by atoms with Gasteiger partial charge in [-0.25, -0.2) is 0 Å². The summed E-state index contributed by atoms with van der Waals surface area (Å²) in [5.74, 6) is 3.28. The molecule has 6 unspecified atom stereocenters. The molecule has 0 heterocycles. The Kier molecular flexibility index (Phi) is 2.30. The fourth-order valence-corrected chi connectivity index (χ4v) is 5.57. The Bertz CT molecular complexity index is 336. The van der Waals surface area contributed by atoms with Crippen LogP contribution < -0.4 is 0 Å². The summed E-state index contributed by atoms with van der Waals surface area (Å²) >= 11 is 0. The molecule has 0 aromatic rings. The highest BCUT2D eigenvalue weighted by atomic mass is 16.3. The van der Waals surface area contributed by atoms with Gasteiger partial charge in [-0.05, 0) is 61.2 Å². The van der Waals surface area contributed by atoms with Gasteiger partial charge in [0, 0.05) is 0 Å². The minimum absolute atomic E-state index is 0.0253. The SMILES string of the molecule is CC(C)C1C2C[C@@]3(C)C(O)CCC(C)(O)C3C21. The molecule has 0 aromatic carbocycles. The van der Waals surface area contributed by atoms with Gasteiger partial charge in [0.05, 0.1) is 11.7 Å². The summed E-state index contributed by atoms with van der Waals surface area (Å²) in [5.41, 5.74) is -0.584. The summed E-state index contributed by atoms with van der Waals surface area (Å²) in [5, 5.41) is 21.0. The molecule has 3 rings (SSSR count). The van der Waals surface area contributed by atoms with Crippen molar-refractivity contribution in [1.29, 1.82) is 0 Å². The molecular weight excluding hydrogens is 212 g/mol. The first-order valence-corrected chi connectivity index (χ1v) is 7.19. The second kappa shape index (κ2) is 3.27. The van der Waals surface area contributed by atoms with Crippen molar-refractivity contribution in [2.75, 3.05) is 0 Å². The van der Waals surface area contributed by atoms with E-state index in [1.54, 1.807) is 0 Å². The summed E-state index contributed by atoms with van der Waals surface area (Å²) in [6.45, 7) is 8.81.